The number of aryl methyl sites for hydroxylation is 4. The molecule has 0 spiro atoms. The fourth-order valence-electron chi connectivity index (χ4n) is 11.1. The number of hydrogen-bond donors (Lipinski definition) is 0. The van der Waals surface area contributed by atoms with Crippen LogP contribution in [0.15, 0.2) is 130 Å². The van der Waals surface area contributed by atoms with Crippen LogP contribution in [0.2, 0.25) is 12.1 Å². The van der Waals surface area contributed by atoms with Crippen molar-refractivity contribution < 1.29 is 29.7 Å². The van der Waals surface area contributed by atoms with Gasteiger partial charge in [0.25, 0.3) is 0 Å². The first kappa shape index (κ1) is 40.3. The van der Waals surface area contributed by atoms with Gasteiger partial charge >= 0.3 is 37.9 Å². The molecule has 0 bridgehead atoms. The van der Waals surface area contributed by atoms with Gasteiger partial charge in [-0.2, -0.15) is 0 Å². The minimum absolute atomic E-state index is 0.284. The van der Waals surface area contributed by atoms with Crippen molar-refractivity contribution in [3.63, 3.8) is 0 Å². The van der Waals surface area contributed by atoms with Crippen LogP contribution in [0.5, 0.6) is 0 Å². The molecule has 0 saturated carbocycles. The maximum atomic E-state index is 6.47. The standard InChI is InChI=1S/C56H46O2Si.2ClH.Zr/c1-33-17-23-53(57-33)47-29-49-45(27-39-13-7-15-43(39)55(49)41-21-19-35-9-3-5-11-37(35)25-41)51(47)31-59-32-52-46-28-40-14-8-16-44(40)56(42-22-20-36-10-4-6-12-38(36)26-42)50(46)30-48(52)54-24-18-34(2)58-54;;;/h3-6,9-12,17-30,51-52H,7-8,13-16,31-32H2,1-2H3;2*1H;/q;;;+2/p-2. The molecule has 6 aromatic carbocycles. The van der Waals surface area contributed by atoms with Crippen molar-refractivity contribution in [2.75, 3.05) is 0 Å². The molecule has 4 aliphatic carbocycles. The van der Waals surface area contributed by atoms with Gasteiger partial charge in [-0.3, -0.25) is 0 Å². The van der Waals surface area contributed by atoms with Gasteiger partial charge in [0.15, 0.2) is 0 Å². The summed E-state index contributed by atoms with van der Waals surface area (Å²) < 4.78 is 12.9. The van der Waals surface area contributed by atoms with Gasteiger partial charge in [0.05, 0.1) is 0 Å². The molecule has 2 unspecified atom stereocenters. The minimum atomic E-state index is -0.826. The normalized spacial score (nSPS) is 17.0. The molecule has 2 atom stereocenters. The van der Waals surface area contributed by atoms with Crippen molar-refractivity contribution >= 4 is 71.4 Å². The van der Waals surface area contributed by atoms with E-state index in [0.717, 1.165) is 70.3 Å². The van der Waals surface area contributed by atoms with Crippen LogP contribution >= 0.6 is 17.0 Å². The Kier molecular flexibility index (Phi) is 11.0. The third-order valence-corrected chi connectivity index (χ3v) is 15.3. The van der Waals surface area contributed by atoms with Crippen LogP contribution in [-0.2, 0) is 46.5 Å². The van der Waals surface area contributed by atoms with Crippen molar-refractivity contribution in [2.45, 2.75) is 76.3 Å². The summed E-state index contributed by atoms with van der Waals surface area (Å²) in [6, 6.07) is 47.8. The molecule has 12 rings (SSSR count). The van der Waals surface area contributed by atoms with E-state index in [1.165, 1.54) is 90.0 Å². The number of benzene rings is 6. The van der Waals surface area contributed by atoms with E-state index in [9.17, 15) is 0 Å². The van der Waals surface area contributed by atoms with E-state index in [1.807, 2.05) is 0 Å². The van der Waals surface area contributed by atoms with Crippen molar-refractivity contribution in [1.82, 2.24) is 0 Å². The molecule has 2 heterocycles. The van der Waals surface area contributed by atoms with E-state index < -0.39 is 20.8 Å². The molecule has 2 radical (unpaired) electrons. The monoisotopic (exact) mass is 938 g/mol. The first-order valence-electron chi connectivity index (χ1n) is 22.0. The van der Waals surface area contributed by atoms with Crippen LogP contribution in [0.1, 0.15) is 92.2 Å². The maximum absolute atomic E-state index is 6.47. The number of fused-ring (bicyclic) bond motifs is 6. The van der Waals surface area contributed by atoms with Gasteiger partial charge in [-0.25, -0.2) is 0 Å². The summed E-state index contributed by atoms with van der Waals surface area (Å²) in [5.74, 6) is 4.54. The molecule has 0 fully saturated rings. The predicted octanol–water partition coefficient (Wildman–Crippen LogP) is 16.0. The SMILES string of the molecule is Cc1ccc(C2=Cc3c(cc4c(c3-c3ccc5ccccc5c3)CCC4)C2C[Si]CC2C(c3ccc(C)o3)=Cc3c2cc2c(c3-c3ccc4ccccc4c3)CCC2)o1.[Cl][Zr][Cl]. The van der Waals surface area contributed by atoms with Crippen LogP contribution in [0.25, 0.3) is 67.1 Å². The van der Waals surface area contributed by atoms with Crippen molar-refractivity contribution in [2.24, 2.45) is 0 Å². The number of hydrogen-bond acceptors (Lipinski definition) is 2. The van der Waals surface area contributed by atoms with Gasteiger partial charge in [-0.1, -0.05) is 84.9 Å². The van der Waals surface area contributed by atoms with E-state index in [0.29, 0.717) is 0 Å². The molecule has 8 aromatic rings. The van der Waals surface area contributed by atoms with Gasteiger partial charge in [0, 0.05) is 32.5 Å². The van der Waals surface area contributed by atoms with Crippen LogP contribution in [0.3, 0.4) is 0 Å². The molecule has 4 aliphatic rings. The van der Waals surface area contributed by atoms with Crippen LogP contribution in [0.4, 0.5) is 0 Å². The summed E-state index contributed by atoms with van der Waals surface area (Å²) in [6.45, 7) is 4.14. The van der Waals surface area contributed by atoms with E-state index in [2.05, 4.69) is 147 Å². The average Bonchev–Trinajstić information content (AvgIpc) is 4.16. The molecule has 0 amide bonds. The Labute approximate surface area is 385 Å². The van der Waals surface area contributed by atoms with Crippen LogP contribution in [-0.4, -0.2) is 9.52 Å². The molecule has 6 heteroatoms. The fourth-order valence-corrected chi connectivity index (χ4v) is 12.8. The van der Waals surface area contributed by atoms with Crippen LogP contribution in [0, 0.1) is 13.8 Å². The Morgan fingerprint density at radius 1 is 0.532 bits per heavy atom. The summed E-state index contributed by atoms with van der Waals surface area (Å²) in [6.07, 6.45) is 12.1. The summed E-state index contributed by atoms with van der Waals surface area (Å²) in [4.78, 5) is 0. The molecule has 304 valence electrons. The zero-order valence-corrected chi connectivity index (χ0v) is 40.1. The van der Waals surface area contributed by atoms with E-state index in [4.69, 9.17) is 25.9 Å². The quantitative estimate of drug-likeness (QED) is 0.142. The Hall–Kier alpha value is -4.44. The van der Waals surface area contributed by atoms with Gasteiger partial charge in [-0.05, 0) is 201 Å². The topological polar surface area (TPSA) is 26.3 Å². The Morgan fingerprint density at radius 2 is 0.968 bits per heavy atom. The number of allylic oxidation sites excluding steroid dienone is 2. The predicted molar refractivity (Wildman–Crippen MR) is 258 cm³/mol. The zero-order chi connectivity index (χ0) is 41.9. The Balaban J connectivity index is 0.00000140. The second-order valence-electron chi connectivity index (χ2n) is 17.5. The van der Waals surface area contributed by atoms with Gasteiger partial charge in [0.2, 0.25) is 0 Å². The Morgan fingerprint density at radius 3 is 1.39 bits per heavy atom. The van der Waals surface area contributed by atoms with Gasteiger partial charge in [-0.15, -0.1) is 0 Å². The van der Waals surface area contributed by atoms with E-state index in [1.54, 1.807) is 22.3 Å². The molecule has 0 N–H and O–H groups in total. The van der Waals surface area contributed by atoms with Gasteiger partial charge < -0.3 is 8.83 Å². The molecule has 62 heavy (non-hydrogen) atoms. The number of rotatable bonds is 8. The second kappa shape index (κ2) is 16.9. The molecule has 0 saturated heterocycles. The van der Waals surface area contributed by atoms with E-state index >= 15 is 0 Å². The number of halogens is 2. The third kappa shape index (κ3) is 7.20. The van der Waals surface area contributed by atoms with Crippen molar-refractivity contribution in [3.8, 4) is 22.3 Å². The molecule has 0 aliphatic heterocycles. The van der Waals surface area contributed by atoms with Gasteiger partial charge in [0.1, 0.15) is 23.0 Å². The molecular formula is C56H46Cl2O2SiZr. The zero-order valence-electron chi connectivity index (χ0n) is 35.1. The number of furan rings is 2. The van der Waals surface area contributed by atoms with Crippen LogP contribution < -0.4 is 0 Å². The first-order chi connectivity index (χ1) is 30.4. The van der Waals surface area contributed by atoms with Crippen molar-refractivity contribution in [1.29, 1.82) is 0 Å². The molecular weight excluding hydrogens is 895 g/mol. The fraction of sp³-hybridized carbons (Fsp3) is 0.214. The van der Waals surface area contributed by atoms with Crippen molar-refractivity contribution in [3.05, 3.63) is 189 Å². The third-order valence-electron chi connectivity index (χ3n) is 13.9. The Bertz CT molecular complexity index is 2910. The average molecular weight is 941 g/mol. The second-order valence-corrected chi connectivity index (χ2v) is 22.5. The summed E-state index contributed by atoms with van der Waals surface area (Å²) in [5, 5.41) is 5.20. The summed E-state index contributed by atoms with van der Waals surface area (Å²) in [7, 11) is 10.6. The summed E-state index contributed by atoms with van der Waals surface area (Å²) in [5.41, 5.74) is 20.3. The molecule has 2 aromatic heterocycles. The summed E-state index contributed by atoms with van der Waals surface area (Å²) >= 11 is -0.826. The van der Waals surface area contributed by atoms with E-state index in [-0.39, 0.29) is 11.8 Å². The molecule has 2 nitrogen and oxygen atoms in total. The first-order valence-corrected chi connectivity index (χ1v) is 29.8.